The standard InChI is InChI=1S/C14H19N3O3/c1-9(15-2)7-12-16-13(14(18)20-4)11-6-5-10(19-3)8-17(11)12/h5-6,8-9,15H,7H2,1-4H3. The van der Waals surface area contributed by atoms with E-state index in [0.717, 1.165) is 11.3 Å². The van der Waals surface area contributed by atoms with Gasteiger partial charge in [-0.25, -0.2) is 9.78 Å². The lowest BCUT2D eigenvalue weighted by molar-refractivity contribution is 0.0596. The van der Waals surface area contributed by atoms with Crippen LogP contribution in [-0.4, -0.2) is 42.7 Å². The van der Waals surface area contributed by atoms with Crippen LogP contribution in [0.25, 0.3) is 5.52 Å². The molecule has 0 aromatic carbocycles. The van der Waals surface area contributed by atoms with E-state index in [1.807, 2.05) is 23.7 Å². The van der Waals surface area contributed by atoms with Gasteiger partial charge in [0.2, 0.25) is 0 Å². The number of imidazole rings is 1. The van der Waals surface area contributed by atoms with Crippen molar-refractivity contribution in [1.29, 1.82) is 0 Å². The summed E-state index contributed by atoms with van der Waals surface area (Å²) in [5.74, 6) is 1.07. The lowest BCUT2D eigenvalue weighted by atomic mass is 10.2. The maximum absolute atomic E-state index is 11.8. The van der Waals surface area contributed by atoms with Crippen molar-refractivity contribution in [3.05, 3.63) is 29.8 Å². The van der Waals surface area contributed by atoms with Crippen LogP contribution in [0.15, 0.2) is 18.3 Å². The van der Waals surface area contributed by atoms with E-state index in [2.05, 4.69) is 17.2 Å². The van der Waals surface area contributed by atoms with E-state index in [1.165, 1.54) is 7.11 Å². The van der Waals surface area contributed by atoms with Gasteiger partial charge < -0.3 is 14.8 Å². The van der Waals surface area contributed by atoms with Crippen molar-refractivity contribution in [2.75, 3.05) is 21.3 Å². The zero-order valence-corrected chi connectivity index (χ0v) is 12.1. The molecule has 108 valence electrons. The lowest BCUT2D eigenvalue weighted by Crippen LogP contribution is -2.24. The van der Waals surface area contributed by atoms with E-state index in [4.69, 9.17) is 9.47 Å². The number of likely N-dealkylation sites (N-methyl/N-ethyl adjacent to an activating group) is 1. The van der Waals surface area contributed by atoms with E-state index in [9.17, 15) is 4.79 Å². The third kappa shape index (κ3) is 2.60. The maximum atomic E-state index is 11.8. The van der Waals surface area contributed by atoms with E-state index >= 15 is 0 Å². The maximum Gasteiger partial charge on any atom is 0.358 e. The van der Waals surface area contributed by atoms with Gasteiger partial charge in [0, 0.05) is 12.5 Å². The molecule has 0 spiro atoms. The number of carbonyl (C=O) groups is 1. The number of rotatable bonds is 5. The van der Waals surface area contributed by atoms with Crippen molar-refractivity contribution in [2.45, 2.75) is 19.4 Å². The number of hydrogen-bond acceptors (Lipinski definition) is 5. The Morgan fingerprint density at radius 2 is 2.20 bits per heavy atom. The zero-order valence-electron chi connectivity index (χ0n) is 12.1. The molecular formula is C14H19N3O3. The molecule has 0 bridgehead atoms. The van der Waals surface area contributed by atoms with Gasteiger partial charge in [0.25, 0.3) is 0 Å². The number of nitrogens with zero attached hydrogens (tertiary/aromatic N) is 2. The monoisotopic (exact) mass is 277 g/mol. The molecule has 0 fully saturated rings. The van der Waals surface area contributed by atoms with Gasteiger partial charge in [-0.1, -0.05) is 0 Å². The molecule has 0 saturated heterocycles. The first-order chi connectivity index (χ1) is 9.60. The van der Waals surface area contributed by atoms with Crippen LogP contribution in [0.4, 0.5) is 0 Å². The third-order valence-corrected chi connectivity index (χ3v) is 3.28. The zero-order chi connectivity index (χ0) is 14.7. The molecule has 6 heteroatoms. The summed E-state index contributed by atoms with van der Waals surface area (Å²) in [7, 11) is 4.85. The van der Waals surface area contributed by atoms with E-state index in [-0.39, 0.29) is 6.04 Å². The van der Waals surface area contributed by atoms with Crippen molar-refractivity contribution in [1.82, 2.24) is 14.7 Å². The minimum absolute atomic E-state index is 0.247. The number of hydrogen-bond donors (Lipinski definition) is 1. The summed E-state index contributed by atoms with van der Waals surface area (Å²) in [6.07, 6.45) is 2.52. The first-order valence-electron chi connectivity index (χ1n) is 6.41. The number of esters is 1. The molecule has 2 rings (SSSR count). The molecule has 0 saturated carbocycles. The van der Waals surface area contributed by atoms with Crippen molar-refractivity contribution >= 4 is 11.5 Å². The third-order valence-electron chi connectivity index (χ3n) is 3.28. The van der Waals surface area contributed by atoms with E-state index in [1.54, 1.807) is 13.2 Å². The molecule has 0 aliphatic heterocycles. The SMILES string of the molecule is CNC(C)Cc1nc(C(=O)OC)c2ccc(OC)cn12. The molecule has 2 heterocycles. The number of pyridine rings is 1. The fourth-order valence-electron chi connectivity index (χ4n) is 2.02. The number of carbonyl (C=O) groups excluding carboxylic acids is 1. The minimum Gasteiger partial charge on any atom is -0.495 e. The first-order valence-corrected chi connectivity index (χ1v) is 6.41. The normalized spacial score (nSPS) is 12.4. The molecule has 2 aromatic rings. The molecule has 6 nitrogen and oxygen atoms in total. The van der Waals surface area contributed by atoms with Crippen molar-refractivity contribution in [3.63, 3.8) is 0 Å². The van der Waals surface area contributed by atoms with Crippen LogP contribution in [0.2, 0.25) is 0 Å². The topological polar surface area (TPSA) is 64.9 Å². The van der Waals surface area contributed by atoms with Gasteiger partial charge in [0.1, 0.15) is 11.6 Å². The largest absolute Gasteiger partial charge is 0.495 e. The van der Waals surface area contributed by atoms with Crippen LogP contribution in [0, 0.1) is 0 Å². The molecular weight excluding hydrogens is 258 g/mol. The fraction of sp³-hybridized carbons (Fsp3) is 0.429. The van der Waals surface area contributed by atoms with Crippen LogP contribution < -0.4 is 10.1 Å². The van der Waals surface area contributed by atoms with Gasteiger partial charge in [-0.15, -0.1) is 0 Å². The summed E-state index contributed by atoms with van der Waals surface area (Å²) >= 11 is 0. The Bertz CT molecular complexity index is 621. The molecule has 0 amide bonds. The highest BCUT2D eigenvalue weighted by atomic mass is 16.5. The second-order valence-electron chi connectivity index (χ2n) is 4.59. The first kappa shape index (κ1) is 14.3. The number of fused-ring (bicyclic) bond motifs is 1. The summed E-state index contributed by atoms with van der Waals surface area (Å²) in [6.45, 7) is 2.05. The Balaban J connectivity index is 2.56. The van der Waals surface area contributed by atoms with Gasteiger partial charge in [0.15, 0.2) is 5.69 Å². The van der Waals surface area contributed by atoms with E-state index in [0.29, 0.717) is 17.9 Å². The number of ether oxygens (including phenoxy) is 2. The second kappa shape index (κ2) is 5.92. The van der Waals surface area contributed by atoms with Crippen molar-refractivity contribution in [3.8, 4) is 5.75 Å². The van der Waals surface area contributed by atoms with Gasteiger partial charge >= 0.3 is 5.97 Å². The highest BCUT2D eigenvalue weighted by Gasteiger charge is 2.19. The predicted molar refractivity (Wildman–Crippen MR) is 75.3 cm³/mol. The van der Waals surface area contributed by atoms with Crippen LogP contribution in [0.5, 0.6) is 5.75 Å². The second-order valence-corrected chi connectivity index (χ2v) is 4.59. The van der Waals surface area contributed by atoms with Gasteiger partial charge in [-0.2, -0.15) is 0 Å². The quantitative estimate of drug-likeness (QED) is 0.834. The van der Waals surface area contributed by atoms with Crippen LogP contribution in [-0.2, 0) is 11.2 Å². The summed E-state index contributed by atoms with van der Waals surface area (Å²) in [5, 5.41) is 3.16. The molecule has 0 radical (unpaired) electrons. The highest BCUT2D eigenvalue weighted by molar-refractivity contribution is 5.95. The summed E-state index contributed by atoms with van der Waals surface area (Å²) in [6, 6.07) is 3.86. The minimum atomic E-state index is -0.434. The van der Waals surface area contributed by atoms with Crippen molar-refractivity contribution < 1.29 is 14.3 Å². The Labute approximate surface area is 117 Å². The molecule has 0 aliphatic rings. The Morgan fingerprint density at radius 1 is 1.45 bits per heavy atom. The molecule has 2 aromatic heterocycles. The lowest BCUT2D eigenvalue weighted by Gasteiger charge is -2.09. The molecule has 0 aliphatic carbocycles. The van der Waals surface area contributed by atoms with Gasteiger partial charge in [-0.3, -0.25) is 4.40 Å². The molecule has 1 unspecified atom stereocenters. The summed E-state index contributed by atoms with van der Waals surface area (Å²) in [5.41, 5.74) is 1.05. The van der Waals surface area contributed by atoms with Crippen LogP contribution in [0.1, 0.15) is 23.2 Å². The van der Waals surface area contributed by atoms with Gasteiger partial charge in [-0.05, 0) is 26.1 Å². The summed E-state index contributed by atoms with van der Waals surface area (Å²) in [4.78, 5) is 16.2. The smallest absolute Gasteiger partial charge is 0.358 e. The average Bonchev–Trinajstić information content (AvgIpc) is 2.84. The number of methoxy groups -OCH3 is 2. The van der Waals surface area contributed by atoms with E-state index < -0.39 is 5.97 Å². The van der Waals surface area contributed by atoms with Crippen molar-refractivity contribution in [2.24, 2.45) is 0 Å². The molecule has 1 atom stereocenters. The van der Waals surface area contributed by atoms with Gasteiger partial charge in [0.05, 0.1) is 25.9 Å². The van der Waals surface area contributed by atoms with Crippen LogP contribution >= 0.6 is 0 Å². The average molecular weight is 277 g/mol. The fourth-order valence-corrected chi connectivity index (χ4v) is 2.02. The predicted octanol–water partition coefficient (Wildman–Crippen LogP) is 1.28. The Morgan fingerprint density at radius 3 is 2.80 bits per heavy atom. The molecule has 1 N–H and O–H groups in total. The summed E-state index contributed by atoms with van der Waals surface area (Å²) < 4.78 is 11.9. The number of nitrogens with one attached hydrogen (secondary N) is 1. The molecule has 20 heavy (non-hydrogen) atoms. The Hall–Kier alpha value is -2.08. The van der Waals surface area contributed by atoms with Crippen LogP contribution in [0.3, 0.4) is 0 Å². The highest BCUT2D eigenvalue weighted by Crippen LogP contribution is 2.20. The number of aromatic nitrogens is 2. The Kier molecular flexibility index (Phi) is 4.24.